The molecule has 3 rings (SSSR count). The van der Waals surface area contributed by atoms with Crippen LogP contribution in [0.3, 0.4) is 0 Å². The van der Waals surface area contributed by atoms with E-state index in [1.165, 1.54) is 0 Å². The van der Waals surface area contributed by atoms with Crippen molar-refractivity contribution < 1.29 is 27.8 Å². The number of halogens is 2. The van der Waals surface area contributed by atoms with Crippen molar-refractivity contribution in [2.75, 3.05) is 31.1 Å². The Balaban J connectivity index is 1.42. The van der Waals surface area contributed by atoms with Crippen LogP contribution in [0, 0.1) is 0 Å². The number of amides is 2. The van der Waals surface area contributed by atoms with E-state index in [0.29, 0.717) is 32.0 Å². The molecule has 1 aromatic heterocycles. The van der Waals surface area contributed by atoms with Crippen LogP contribution in [0.5, 0.6) is 0 Å². The number of hydrogen-bond acceptors (Lipinski definition) is 7. The predicted octanol–water partition coefficient (Wildman–Crippen LogP) is 2.91. The highest BCUT2D eigenvalue weighted by molar-refractivity contribution is 5.83. The number of alkyl halides is 2. The molecule has 2 atom stereocenters. The number of piperidine rings is 1. The molecule has 11 heteroatoms. The number of nitrogens with zero attached hydrogens (tertiary/aromatic N) is 4. The minimum Gasteiger partial charge on any atom is -0.444 e. The third-order valence-electron chi connectivity index (χ3n) is 5.60. The maximum absolute atomic E-state index is 12.9. The molecular formula is C22H33F2N5O4. The van der Waals surface area contributed by atoms with Gasteiger partial charge < -0.3 is 24.6 Å². The van der Waals surface area contributed by atoms with E-state index in [2.05, 4.69) is 15.3 Å². The second-order valence-electron chi connectivity index (χ2n) is 9.52. The van der Waals surface area contributed by atoms with E-state index < -0.39 is 24.2 Å². The highest BCUT2D eigenvalue weighted by Gasteiger charge is 2.38. The molecular weight excluding hydrogens is 436 g/mol. The van der Waals surface area contributed by atoms with Crippen LogP contribution in [0.2, 0.25) is 0 Å². The van der Waals surface area contributed by atoms with Gasteiger partial charge >= 0.3 is 6.09 Å². The summed E-state index contributed by atoms with van der Waals surface area (Å²) in [5.74, 6) is 0.397. The highest BCUT2D eigenvalue weighted by Crippen LogP contribution is 2.26. The first kappa shape index (κ1) is 25.1. The Kier molecular flexibility index (Phi) is 8.04. The number of nitrogens with one attached hydrogen (secondary N) is 1. The van der Waals surface area contributed by atoms with Gasteiger partial charge in [-0.15, -0.1) is 0 Å². The minimum absolute atomic E-state index is 0.0320. The van der Waals surface area contributed by atoms with E-state index in [9.17, 15) is 18.4 Å². The molecule has 2 aliphatic heterocycles. The molecule has 1 N–H and O–H groups in total. The molecule has 33 heavy (non-hydrogen) atoms. The first-order valence-corrected chi connectivity index (χ1v) is 11.3. The van der Waals surface area contributed by atoms with Gasteiger partial charge in [0.1, 0.15) is 11.7 Å². The Morgan fingerprint density at radius 3 is 2.39 bits per heavy atom. The fourth-order valence-electron chi connectivity index (χ4n) is 3.99. The van der Waals surface area contributed by atoms with Crippen molar-refractivity contribution >= 4 is 17.9 Å². The van der Waals surface area contributed by atoms with Crippen LogP contribution in [-0.4, -0.2) is 76.9 Å². The molecule has 2 saturated heterocycles. The SMILES string of the molecule is C[C@@H](COC1CCN(C2CCN(c3ncc(C(F)F)cn3)CC2)C1=O)NC(=O)OC(C)(C)C. The van der Waals surface area contributed by atoms with E-state index in [1.807, 2.05) is 9.80 Å². The summed E-state index contributed by atoms with van der Waals surface area (Å²) in [6.07, 6.45) is 0.791. The second kappa shape index (κ2) is 10.6. The lowest BCUT2D eigenvalue weighted by Crippen LogP contribution is -2.47. The van der Waals surface area contributed by atoms with E-state index in [0.717, 1.165) is 25.2 Å². The molecule has 0 radical (unpaired) electrons. The van der Waals surface area contributed by atoms with Gasteiger partial charge in [-0.3, -0.25) is 4.79 Å². The van der Waals surface area contributed by atoms with Crippen LogP contribution in [0.25, 0.3) is 0 Å². The molecule has 0 bridgehead atoms. The van der Waals surface area contributed by atoms with Gasteiger partial charge in [0, 0.05) is 44.5 Å². The summed E-state index contributed by atoms with van der Waals surface area (Å²) in [5.41, 5.74) is -0.776. The van der Waals surface area contributed by atoms with Crippen LogP contribution in [0.1, 0.15) is 58.9 Å². The van der Waals surface area contributed by atoms with Crippen molar-refractivity contribution in [2.45, 2.75) is 77.2 Å². The summed E-state index contributed by atoms with van der Waals surface area (Å²) in [5, 5.41) is 2.71. The van der Waals surface area contributed by atoms with Gasteiger partial charge in [-0.2, -0.15) is 0 Å². The second-order valence-corrected chi connectivity index (χ2v) is 9.52. The number of anilines is 1. The Hall–Kier alpha value is -2.56. The number of carbonyl (C=O) groups is 2. The Morgan fingerprint density at radius 2 is 1.82 bits per heavy atom. The molecule has 0 aliphatic carbocycles. The third kappa shape index (κ3) is 6.96. The van der Waals surface area contributed by atoms with Gasteiger partial charge in [0.25, 0.3) is 12.3 Å². The molecule has 3 heterocycles. The maximum atomic E-state index is 12.9. The summed E-state index contributed by atoms with van der Waals surface area (Å²) in [4.78, 5) is 36.6. The fraction of sp³-hybridized carbons (Fsp3) is 0.727. The monoisotopic (exact) mass is 469 g/mol. The first-order valence-electron chi connectivity index (χ1n) is 11.3. The molecule has 9 nitrogen and oxygen atoms in total. The zero-order valence-electron chi connectivity index (χ0n) is 19.6. The molecule has 2 amide bonds. The van der Waals surface area contributed by atoms with Crippen molar-refractivity contribution in [1.82, 2.24) is 20.2 Å². The minimum atomic E-state index is -2.59. The van der Waals surface area contributed by atoms with Gasteiger partial charge in [0.15, 0.2) is 0 Å². The normalized spacial score (nSPS) is 20.9. The van der Waals surface area contributed by atoms with Crippen molar-refractivity contribution in [3.05, 3.63) is 18.0 Å². The van der Waals surface area contributed by atoms with E-state index in [-0.39, 0.29) is 30.2 Å². The summed E-state index contributed by atoms with van der Waals surface area (Å²) < 4.78 is 36.4. The van der Waals surface area contributed by atoms with Crippen LogP contribution in [0.4, 0.5) is 19.5 Å². The molecule has 1 aromatic rings. The van der Waals surface area contributed by atoms with Crippen LogP contribution in [0.15, 0.2) is 12.4 Å². The fourth-order valence-corrected chi connectivity index (χ4v) is 3.99. The lowest BCUT2D eigenvalue weighted by molar-refractivity contribution is -0.139. The topological polar surface area (TPSA) is 96.9 Å². The molecule has 1 unspecified atom stereocenters. The summed E-state index contributed by atoms with van der Waals surface area (Å²) >= 11 is 0. The summed E-state index contributed by atoms with van der Waals surface area (Å²) in [7, 11) is 0. The molecule has 2 aliphatic rings. The van der Waals surface area contributed by atoms with E-state index >= 15 is 0 Å². The molecule has 184 valence electrons. The average Bonchev–Trinajstić information content (AvgIpc) is 3.11. The molecule has 2 fully saturated rings. The molecule has 0 spiro atoms. The van der Waals surface area contributed by atoms with Gasteiger partial charge in [-0.05, 0) is 40.5 Å². The summed E-state index contributed by atoms with van der Waals surface area (Å²) in [6, 6.07) is -0.193. The number of likely N-dealkylation sites (tertiary alicyclic amines) is 1. The Morgan fingerprint density at radius 1 is 1.18 bits per heavy atom. The predicted molar refractivity (Wildman–Crippen MR) is 117 cm³/mol. The number of hydrogen-bond donors (Lipinski definition) is 1. The number of alkyl carbamates (subject to hydrolysis) is 1. The third-order valence-corrected chi connectivity index (χ3v) is 5.60. The van der Waals surface area contributed by atoms with E-state index in [4.69, 9.17) is 9.47 Å². The van der Waals surface area contributed by atoms with Gasteiger partial charge in [-0.1, -0.05) is 0 Å². The summed E-state index contributed by atoms with van der Waals surface area (Å²) in [6.45, 7) is 9.30. The smallest absolute Gasteiger partial charge is 0.407 e. The zero-order valence-corrected chi connectivity index (χ0v) is 19.6. The van der Waals surface area contributed by atoms with E-state index in [1.54, 1.807) is 27.7 Å². The lowest BCUT2D eigenvalue weighted by atomic mass is 10.0. The standard InChI is InChI=1S/C22H33F2N5O4/c1-14(27-21(31)33-22(2,3)4)13-32-17-7-10-29(19(17)30)16-5-8-28(9-6-16)20-25-11-15(12-26-20)18(23)24/h11-12,14,16-18H,5-10,13H2,1-4H3,(H,27,31)/t14-,17?/m0/s1. The van der Waals surface area contributed by atoms with Crippen molar-refractivity contribution in [3.63, 3.8) is 0 Å². The highest BCUT2D eigenvalue weighted by atomic mass is 19.3. The van der Waals surface area contributed by atoms with Crippen LogP contribution < -0.4 is 10.2 Å². The number of aromatic nitrogens is 2. The van der Waals surface area contributed by atoms with Gasteiger partial charge in [-0.25, -0.2) is 23.5 Å². The average molecular weight is 470 g/mol. The maximum Gasteiger partial charge on any atom is 0.407 e. The number of carbonyl (C=O) groups excluding carboxylic acids is 2. The van der Waals surface area contributed by atoms with Crippen molar-refractivity contribution in [1.29, 1.82) is 0 Å². The van der Waals surface area contributed by atoms with Crippen molar-refractivity contribution in [2.24, 2.45) is 0 Å². The number of rotatable bonds is 7. The molecule has 0 saturated carbocycles. The largest absolute Gasteiger partial charge is 0.444 e. The van der Waals surface area contributed by atoms with Gasteiger partial charge in [0.05, 0.1) is 18.2 Å². The lowest BCUT2D eigenvalue weighted by Gasteiger charge is -2.36. The Labute approximate surface area is 192 Å². The zero-order chi connectivity index (χ0) is 24.2. The number of ether oxygens (including phenoxy) is 2. The first-order chi connectivity index (χ1) is 15.5. The molecule has 0 aromatic carbocycles. The van der Waals surface area contributed by atoms with Gasteiger partial charge in [0.2, 0.25) is 5.95 Å². The quantitative estimate of drug-likeness (QED) is 0.656. The Bertz CT molecular complexity index is 810. The van der Waals surface area contributed by atoms with Crippen molar-refractivity contribution in [3.8, 4) is 0 Å². The van der Waals surface area contributed by atoms with Crippen LogP contribution >= 0.6 is 0 Å². The van der Waals surface area contributed by atoms with Crippen LogP contribution in [-0.2, 0) is 14.3 Å².